The second-order valence-corrected chi connectivity index (χ2v) is 6.58. The number of halogens is 3. The molecule has 0 N–H and O–H groups in total. The van der Waals surface area contributed by atoms with E-state index >= 15 is 0 Å². The van der Waals surface area contributed by atoms with Crippen molar-refractivity contribution in [1.29, 1.82) is 0 Å². The summed E-state index contributed by atoms with van der Waals surface area (Å²) in [6.45, 7) is 0.450. The highest BCUT2D eigenvalue weighted by Crippen LogP contribution is 2.31. The third-order valence-corrected chi connectivity index (χ3v) is 4.73. The number of alkyl halides is 1. The van der Waals surface area contributed by atoms with Crippen LogP contribution in [0.15, 0.2) is 12.1 Å². The van der Waals surface area contributed by atoms with Crippen molar-refractivity contribution in [3.05, 3.63) is 23.8 Å². The van der Waals surface area contributed by atoms with Crippen molar-refractivity contribution in [1.82, 2.24) is 0 Å². The van der Waals surface area contributed by atoms with Crippen molar-refractivity contribution >= 4 is 22.6 Å². The van der Waals surface area contributed by atoms with E-state index in [1.165, 1.54) is 32.1 Å². The average Bonchev–Trinajstić information content (AvgIpc) is 2.42. The van der Waals surface area contributed by atoms with Gasteiger partial charge in [-0.05, 0) is 43.7 Å². The van der Waals surface area contributed by atoms with Crippen molar-refractivity contribution in [2.75, 3.05) is 13.7 Å². The lowest BCUT2D eigenvalue weighted by Gasteiger charge is -2.25. The quantitative estimate of drug-likeness (QED) is 0.570. The van der Waals surface area contributed by atoms with E-state index in [0.717, 1.165) is 16.8 Å². The highest BCUT2D eigenvalue weighted by Gasteiger charge is 2.21. The fraction of sp³-hybridized carbons (Fsp3) is 0.571. The van der Waals surface area contributed by atoms with Crippen LogP contribution in [0.5, 0.6) is 11.5 Å². The molecule has 1 aromatic carbocycles. The average molecular weight is 382 g/mol. The molecule has 0 spiro atoms. The monoisotopic (exact) mass is 382 g/mol. The Labute approximate surface area is 125 Å². The largest absolute Gasteiger partial charge is 0.494 e. The summed E-state index contributed by atoms with van der Waals surface area (Å²) in [5, 5.41) is 0. The van der Waals surface area contributed by atoms with Gasteiger partial charge in [-0.15, -0.1) is 0 Å². The van der Waals surface area contributed by atoms with Gasteiger partial charge in [0.15, 0.2) is 11.5 Å². The summed E-state index contributed by atoms with van der Waals surface area (Å²) in [6, 6.07) is 2.80. The van der Waals surface area contributed by atoms with Crippen LogP contribution >= 0.6 is 22.6 Å². The lowest BCUT2D eigenvalue weighted by Crippen LogP contribution is -2.20. The maximum absolute atomic E-state index is 13.7. The summed E-state index contributed by atoms with van der Waals surface area (Å²) in [5.74, 6) is -1.65. The molecule has 0 saturated heterocycles. The number of rotatable bonds is 4. The molecule has 1 fully saturated rings. The second kappa shape index (κ2) is 6.72. The van der Waals surface area contributed by atoms with E-state index in [2.05, 4.69) is 22.6 Å². The van der Waals surface area contributed by atoms with Gasteiger partial charge in [0.2, 0.25) is 11.6 Å². The first-order valence-electron chi connectivity index (χ1n) is 6.40. The van der Waals surface area contributed by atoms with E-state index < -0.39 is 11.6 Å². The first-order chi connectivity index (χ1) is 9.11. The molecule has 0 atom stereocenters. The van der Waals surface area contributed by atoms with Crippen LogP contribution < -0.4 is 9.47 Å². The van der Waals surface area contributed by atoms with Crippen molar-refractivity contribution in [2.24, 2.45) is 5.92 Å². The highest BCUT2D eigenvalue weighted by molar-refractivity contribution is 14.1. The van der Waals surface area contributed by atoms with Gasteiger partial charge in [-0.25, -0.2) is 0 Å². The topological polar surface area (TPSA) is 18.5 Å². The Morgan fingerprint density at radius 3 is 2.32 bits per heavy atom. The van der Waals surface area contributed by atoms with E-state index in [1.807, 2.05) is 0 Å². The minimum absolute atomic E-state index is 0.0325. The molecule has 0 aromatic heterocycles. The van der Waals surface area contributed by atoms with Crippen molar-refractivity contribution in [2.45, 2.75) is 29.6 Å². The minimum Gasteiger partial charge on any atom is -0.494 e. The first kappa shape index (κ1) is 14.8. The van der Waals surface area contributed by atoms with Crippen LogP contribution in [0.2, 0.25) is 0 Å². The predicted molar refractivity (Wildman–Crippen MR) is 78.2 cm³/mol. The van der Waals surface area contributed by atoms with Crippen LogP contribution in [0.3, 0.4) is 0 Å². The van der Waals surface area contributed by atoms with E-state index in [1.54, 1.807) is 0 Å². The maximum Gasteiger partial charge on any atom is 0.204 e. The molecule has 0 heterocycles. The van der Waals surface area contributed by atoms with Gasteiger partial charge in [0.1, 0.15) is 0 Å². The van der Waals surface area contributed by atoms with Crippen LogP contribution in [0.1, 0.15) is 25.7 Å². The van der Waals surface area contributed by atoms with E-state index in [-0.39, 0.29) is 11.5 Å². The van der Waals surface area contributed by atoms with Crippen molar-refractivity contribution in [3.63, 3.8) is 0 Å². The van der Waals surface area contributed by atoms with Gasteiger partial charge < -0.3 is 9.47 Å². The molecule has 0 amide bonds. The van der Waals surface area contributed by atoms with Crippen LogP contribution in [0, 0.1) is 17.6 Å². The predicted octanol–water partition coefficient (Wildman–Crippen LogP) is 4.35. The summed E-state index contributed by atoms with van der Waals surface area (Å²) in [6.07, 6.45) is 4.53. The zero-order valence-electron chi connectivity index (χ0n) is 10.8. The molecule has 106 valence electrons. The second-order valence-electron chi connectivity index (χ2n) is 4.82. The van der Waals surface area contributed by atoms with Gasteiger partial charge in [-0.2, -0.15) is 8.78 Å². The standard InChI is InChI=1S/C14H17F2IO2/c1-18-11-6-7-12(14(16)13(11)15)19-8-9-2-4-10(17)5-3-9/h6-7,9-10H,2-5,8H2,1H3. The summed E-state index contributed by atoms with van der Waals surface area (Å²) in [7, 11) is 1.31. The summed E-state index contributed by atoms with van der Waals surface area (Å²) < 4.78 is 38.1. The van der Waals surface area contributed by atoms with Crippen LogP contribution in [0.25, 0.3) is 0 Å². The summed E-state index contributed by atoms with van der Waals surface area (Å²) in [5.41, 5.74) is 0. The Hall–Kier alpha value is -0.590. The lowest BCUT2D eigenvalue weighted by atomic mass is 9.90. The molecule has 0 bridgehead atoms. The van der Waals surface area contributed by atoms with E-state index in [4.69, 9.17) is 9.47 Å². The van der Waals surface area contributed by atoms with Crippen LogP contribution in [0.4, 0.5) is 8.78 Å². The third-order valence-electron chi connectivity index (χ3n) is 3.48. The molecular weight excluding hydrogens is 365 g/mol. The third kappa shape index (κ3) is 3.70. The molecule has 2 rings (SSSR count). The molecule has 0 unspecified atom stereocenters. The molecule has 1 aliphatic carbocycles. The molecule has 2 nitrogen and oxygen atoms in total. The van der Waals surface area contributed by atoms with Gasteiger partial charge in [0, 0.05) is 3.92 Å². The van der Waals surface area contributed by atoms with Crippen molar-refractivity contribution in [3.8, 4) is 11.5 Å². The summed E-state index contributed by atoms with van der Waals surface area (Å²) >= 11 is 2.46. The van der Waals surface area contributed by atoms with Crippen LogP contribution in [-0.2, 0) is 0 Å². The zero-order valence-corrected chi connectivity index (χ0v) is 13.0. The molecule has 1 saturated carbocycles. The van der Waals surface area contributed by atoms with Gasteiger partial charge in [0.05, 0.1) is 13.7 Å². The fourth-order valence-corrected chi connectivity index (χ4v) is 3.00. The highest BCUT2D eigenvalue weighted by atomic mass is 127. The van der Waals surface area contributed by atoms with Gasteiger partial charge in [-0.1, -0.05) is 22.6 Å². The Morgan fingerprint density at radius 2 is 1.68 bits per heavy atom. The zero-order chi connectivity index (χ0) is 13.8. The number of hydrogen-bond donors (Lipinski definition) is 0. The van der Waals surface area contributed by atoms with E-state index in [0.29, 0.717) is 12.5 Å². The minimum atomic E-state index is -0.990. The Morgan fingerprint density at radius 1 is 1.11 bits per heavy atom. The molecule has 0 radical (unpaired) electrons. The van der Waals surface area contributed by atoms with Gasteiger partial charge >= 0.3 is 0 Å². The lowest BCUT2D eigenvalue weighted by molar-refractivity contribution is 0.203. The van der Waals surface area contributed by atoms with Crippen LogP contribution in [-0.4, -0.2) is 17.6 Å². The molecule has 1 aliphatic rings. The molecular formula is C14H17F2IO2. The maximum atomic E-state index is 13.7. The molecule has 19 heavy (non-hydrogen) atoms. The van der Waals surface area contributed by atoms with Crippen molar-refractivity contribution < 1.29 is 18.3 Å². The Balaban J connectivity index is 1.94. The molecule has 0 aliphatic heterocycles. The molecule has 5 heteroatoms. The SMILES string of the molecule is COc1ccc(OCC2CCC(I)CC2)c(F)c1F. The molecule has 1 aromatic rings. The number of ether oxygens (including phenoxy) is 2. The normalized spacial score (nSPS) is 23.2. The van der Waals surface area contributed by atoms with Gasteiger partial charge in [0.25, 0.3) is 0 Å². The van der Waals surface area contributed by atoms with Gasteiger partial charge in [-0.3, -0.25) is 0 Å². The number of hydrogen-bond acceptors (Lipinski definition) is 2. The Kier molecular flexibility index (Phi) is 5.24. The smallest absolute Gasteiger partial charge is 0.204 e. The fourth-order valence-electron chi connectivity index (χ4n) is 2.28. The summed E-state index contributed by atoms with van der Waals surface area (Å²) in [4.78, 5) is 0. The number of methoxy groups -OCH3 is 1. The first-order valence-corrected chi connectivity index (χ1v) is 7.65. The number of benzene rings is 1. The van der Waals surface area contributed by atoms with E-state index in [9.17, 15) is 8.78 Å². The Bertz CT molecular complexity index is 432.